The highest BCUT2D eigenvalue weighted by atomic mass is 35.5. The number of nitrogens with one attached hydrogen (secondary N) is 1. The molecule has 0 spiro atoms. The number of piperidine rings is 1. The van der Waals surface area contributed by atoms with Crippen molar-refractivity contribution in [2.45, 2.75) is 38.8 Å². The first-order valence-corrected chi connectivity index (χ1v) is 11.0. The van der Waals surface area contributed by atoms with Crippen LogP contribution in [-0.4, -0.2) is 64.8 Å². The minimum absolute atomic E-state index is 0. The lowest BCUT2D eigenvalue weighted by Gasteiger charge is -2.24. The predicted octanol–water partition coefficient (Wildman–Crippen LogP) is 3.21. The van der Waals surface area contributed by atoms with E-state index in [1.807, 2.05) is 21.8 Å². The van der Waals surface area contributed by atoms with Crippen molar-refractivity contribution in [3.8, 4) is 0 Å². The summed E-state index contributed by atoms with van der Waals surface area (Å²) in [5, 5.41) is 8.04. The molecule has 2 saturated heterocycles. The van der Waals surface area contributed by atoms with Gasteiger partial charge in [-0.05, 0) is 56.8 Å². The number of hydrogen-bond acceptors (Lipinski definition) is 4. The lowest BCUT2D eigenvalue weighted by molar-refractivity contribution is 0.0731. The third kappa shape index (κ3) is 5.62. The van der Waals surface area contributed by atoms with E-state index in [1.54, 1.807) is 0 Å². The van der Waals surface area contributed by atoms with Crippen molar-refractivity contribution in [3.63, 3.8) is 0 Å². The van der Waals surface area contributed by atoms with Crippen LogP contribution >= 0.6 is 12.4 Å². The molecule has 3 heterocycles. The number of rotatable bonds is 7. The van der Waals surface area contributed by atoms with Crippen molar-refractivity contribution in [1.29, 1.82) is 0 Å². The second kappa shape index (κ2) is 10.9. The summed E-state index contributed by atoms with van der Waals surface area (Å²) in [6, 6.07) is 12.9. The zero-order chi connectivity index (χ0) is 20.1. The SMILES string of the molecule is CCN(CC1CCN(Cc2ccccc2)C1)C(=O)c1ccn(C2CCCNC2)n1.Cl. The second-order valence-electron chi connectivity index (χ2n) is 8.40. The smallest absolute Gasteiger partial charge is 0.274 e. The zero-order valence-electron chi connectivity index (χ0n) is 17.9. The van der Waals surface area contributed by atoms with E-state index < -0.39 is 0 Å². The second-order valence-corrected chi connectivity index (χ2v) is 8.40. The summed E-state index contributed by atoms with van der Waals surface area (Å²) in [6.07, 6.45) is 5.41. The summed E-state index contributed by atoms with van der Waals surface area (Å²) >= 11 is 0. The monoisotopic (exact) mass is 431 g/mol. The highest BCUT2D eigenvalue weighted by Gasteiger charge is 2.27. The number of likely N-dealkylation sites (tertiary alicyclic amines) is 1. The fourth-order valence-corrected chi connectivity index (χ4v) is 4.59. The maximum Gasteiger partial charge on any atom is 0.274 e. The Morgan fingerprint density at radius 2 is 2.07 bits per heavy atom. The molecule has 0 saturated carbocycles. The minimum atomic E-state index is 0. The molecule has 0 aliphatic carbocycles. The van der Waals surface area contributed by atoms with Gasteiger partial charge in [0.15, 0.2) is 0 Å². The van der Waals surface area contributed by atoms with Crippen LogP contribution in [0.5, 0.6) is 0 Å². The molecule has 2 atom stereocenters. The predicted molar refractivity (Wildman–Crippen MR) is 122 cm³/mol. The van der Waals surface area contributed by atoms with Crippen LogP contribution in [0.15, 0.2) is 42.6 Å². The molecule has 0 radical (unpaired) electrons. The van der Waals surface area contributed by atoms with E-state index in [0.717, 1.165) is 65.1 Å². The molecule has 1 aromatic carbocycles. The Morgan fingerprint density at radius 3 is 2.80 bits per heavy atom. The summed E-state index contributed by atoms with van der Waals surface area (Å²) in [4.78, 5) is 17.5. The molecule has 1 N–H and O–H groups in total. The first kappa shape index (κ1) is 22.8. The summed E-state index contributed by atoms with van der Waals surface area (Å²) in [5.74, 6) is 0.601. The van der Waals surface area contributed by atoms with Gasteiger partial charge in [-0.25, -0.2) is 0 Å². The molecule has 30 heavy (non-hydrogen) atoms. The maximum absolute atomic E-state index is 13.1. The Hall–Kier alpha value is -1.89. The van der Waals surface area contributed by atoms with E-state index in [-0.39, 0.29) is 18.3 Å². The van der Waals surface area contributed by atoms with Gasteiger partial charge >= 0.3 is 0 Å². The largest absolute Gasteiger partial charge is 0.337 e. The van der Waals surface area contributed by atoms with Crippen LogP contribution in [-0.2, 0) is 6.54 Å². The average molecular weight is 432 g/mol. The number of halogens is 1. The molecule has 2 aliphatic heterocycles. The molecule has 2 unspecified atom stereocenters. The molecule has 0 bridgehead atoms. The van der Waals surface area contributed by atoms with E-state index >= 15 is 0 Å². The van der Waals surface area contributed by atoms with E-state index in [0.29, 0.717) is 17.7 Å². The lowest BCUT2D eigenvalue weighted by Crippen LogP contribution is -2.36. The highest BCUT2D eigenvalue weighted by molar-refractivity contribution is 5.92. The summed E-state index contributed by atoms with van der Waals surface area (Å²) in [6.45, 7) is 8.79. The first-order valence-electron chi connectivity index (χ1n) is 11.0. The third-order valence-corrected chi connectivity index (χ3v) is 6.24. The van der Waals surface area contributed by atoms with Gasteiger partial charge in [-0.3, -0.25) is 14.4 Å². The molecule has 164 valence electrons. The minimum Gasteiger partial charge on any atom is -0.337 e. The van der Waals surface area contributed by atoms with Crippen molar-refractivity contribution in [3.05, 3.63) is 53.9 Å². The van der Waals surface area contributed by atoms with Gasteiger partial charge in [-0.1, -0.05) is 30.3 Å². The Labute approximate surface area is 186 Å². The number of carbonyl (C=O) groups excluding carboxylic acids is 1. The van der Waals surface area contributed by atoms with Gasteiger partial charge in [0.1, 0.15) is 5.69 Å². The van der Waals surface area contributed by atoms with Crippen LogP contribution < -0.4 is 5.32 Å². The van der Waals surface area contributed by atoms with Crippen LogP contribution in [0.4, 0.5) is 0 Å². The number of hydrogen-bond donors (Lipinski definition) is 1. The van der Waals surface area contributed by atoms with E-state index in [1.165, 1.54) is 5.56 Å². The Bertz CT molecular complexity index is 790. The highest BCUT2D eigenvalue weighted by Crippen LogP contribution is 2.21. The molecule has 6 nitrogen and oxygen atoms in total. The van der Waals surface area contributed by atoms with Gasteiger partial charge in [-0.15, -0.1) is 12.4 Å². The molecular formula is C23H34ClN5O. The molecule has 4 rings (SSSR count). The molecule has 2 aliphatic rings. The molecular weight excluding hydrogens is 398 g/mol. The maximum atomic E-state index is 13.1. The number of nitrogens with zero attached hydrogens (tertiary/aromatic N) is 4. The van der Waals surface area contributed by atoms with Gasteiger partial charge in [-0.2, -0.15) is 5.10 Å². The van der Waals surface area contributed by atoms with Crippen molar-refractivity contribution in [2.24, 2.45) is 5.92 Å². The number of benzene rings is 1. The van der Waals surface area contributed by atoms with E-state index in [2.05, 4.69) is 52.6 Å². The number of carbonyl (C=O) groups is 1. The number of amides is 1. The van der Waals surface area contributed by atoms with Crippen molar-refractivity contribution < 1.29 is 4.79 Å². The topological polar surface area (TPSA) is 53.4 Å². The number of aromatic nitrogens is 2. The third-order valence-electron chi connectivity index (χ3n) is 6.24. The Kier molecular flexibility index (Phi) is 8.31. The quantitative estimate of drug-likeness (QED) is 0.731. The lowest BCUT2D eigenvalue weighted by atomic mass is 10.1. The van der Waals surface area contributed by atoms with Crippen LogP contribution in [0, 0.1) is 5.92 Å². The van der Waals surface area contributed by atoms with Crippen LogP contribution in [0.1, 0.15) is 48.3 Å². The van der Waals surface area contributed by atoms with Gasteiger partial charge in [0.25, 0.3) is 5.91 Å². The standard InChI is InChI=1S/C23H33N5O.ClH/c1-2-27(18-20-10-13-26(17-20)16-19-7-4-3-5-8-19)23(29)22-11-14-28(25-22)21-9-6-12-24-15-21;/h3-5,7-8,11,14,20-21,24H,2,6,9-10,12-13,15-18H2,1H3;1H. The summed E-state index contributed by atoms with van der Waals surface area (Å²) in [5.41, 5.74) is 1.94. The van der Waals surface area contributed by atoms with Crippen LogP contribution in [0.2, 0.25) is 0 Å². The fraction of sp³-hybridized carbons (Fsp3) is 0.565. The van der Waals surface area contributed by atoms with Gasteiger partial charge in [0.05, 0.1) is 6.04 Å². The van der Waals surface area contributed by atoms with Crippen molar-refractivity contribution in [2.75, 3.05) is 39.3 Å². The van der Waals surface area contributed by atoms with E-state index in [4.69, 9.17) is 0 Å². The molecule has 7 heteroatoms. The summed E-state index contributed by atoms with van der Waals surface area (Å²) < 4.78 is 1.98. The van der Waals surface area contributed by atoms with Gasteiger partial charge in [0, 0.05) is 38.9 Å². The van der Waals surface area contributed by atoms with Gasteiger partial charge in [0.2, 0.25) is 0 Å². The molecule has 1 aromatic heterocycles. The average Bonchev–Trinajstić information content (AvgIpc) is 3.43. The normalized spacial score (nSPS) is 21.9. The summed E-state index contributed by atoms with van der Waals surface area (Å²) in [7, 11) is 0. The van der Waals surface area contributed by atoms with Crippen LogP contribution in [0.3, 0.4) is 0 Å². The molecule has 2 aromatic rings. The van der Waals surface area contributed by atoms with Crippen LogP contribution in [0.25, 0.3) is 0 Å². The van der Waals surface area contributed by atoms with Gasteiger partial charge < -0.3 is 10.2 Å². The first-order chi connectivity index (χ1) is 14.2. The Morgan fingerprint density at radius 1 is 1.23 bits per heavy atom. The molecule has 1 amide bonds. The Balaban J connectivity index is 0.00000256. The zero-order valence-corrected chi connectivity index (χ0v) is 18.7. The van der Waals surface area contributed by atoms with E-state index in [9.17, 15) is 4.79 Å². The van der Waals surface area contributed by atoms with Crippen molar-refractivity contribution in [1.82, 2.24) is 24.9 Å². The fourth-order valence-electron chi connectivity index (χ4n) is 4.59. The van der Waals surface area contributed by atoms with Crippen molar-refractivity contribution >= 4 is 18.3 Å². The molecule has 2 fully saturated rings.